The van der Waals surface area contributed by atoms with E-state index in [1.165, 1.54) is 28.6 Å². The van der Waals surface area contributed by atoms with Crippen LogP contribution < -0.4 is 0 Å². The summed E-state index contributed by atoms with van der Waals surface area (Å²) >= 11 is 0. The Balaban J connectivity index is 2.12. The second-order valence-electron chi connectivity index (χ2n) is 4.74. The molecular weight excluding hydrogens is 196 g/mol. The molecule has 1 aliphatic rings. The van der Waals surface area contributed by atoms with E-state index in [0.717, 1.165) is 13.1 Å². The number of benzene rings is 1. The summed E-state index contributed by atoms with van der Waals surface area (Å²) in [7, 11) is 0. The molecule has 1 N–H and O–H groups in total. The molecular formula is C14H18N2. The molecule has 1 aromatic heterocycles. The fraction of sp³-hybridized carbons (Fsp3) is 0.429. The molecule has 0 radical (unpaired) electrons. The zero-order chi connectivity index (χ0) is 11.1. The molecule has 0 bridgehead atoms. The largest absolute Gasteiger partial charge is 0.357 e. The van der Waals surface area contributed by atoms with E-state index in [2.05, 4.69) is 48.0 Å². The van der Waals surface area contributed by atoms with E-state index in [1.807, 2.05) is 0 Å². The van der Waals surface area contributed by atoms with Crippen molar-refractivity contribution in [3.05, 3.63) is 35.5 Å². The molecule has 0 amide bonds. The maximum absolute atomic E-state index is 3.56. The van der Waals surface area contributed by atoms with Crippen LogP contribution in [-0.4, -0.2) is 22.5 Å². The van der Waals surface area contributed by atoms with Gasteiger partial charge in [-0.2, -0.15) is 0 Å². The summed E-state index contributed by atoms with van der Waals surface area (Å²) < 4.78 is 0. The fourth-order valence-corrected chi connectivity index (χ4v) is 2.83. The van der Waals surface area contributed by atoms with E-state index in [-0.39, 0.29) is 0 Å². The number of likely N-dealkylation sites (N-methyl/N-ethyl adjacent to an activating group) is 1. The second kappa shape index (κ2) is 3.63. The number of nitrogens with zero attached hydrogens (tertiary/aromatic N) is 1. The number of aromatic amines is 1. The highest BCUT2D eigenvalue weighted by molar-refractivity contribution is 5.84. The third-order valence-electron chi connectivity index (χ3n) is 3.79. The van der Waals surface area contributed by atoms with Gasteiger partial charge in [0.1, 0.15) is 0 Å². The summed E-state index contributed by atoms with van der Waals surface area (Å²) in [5.41, 5.74) is 4.24. The van der Waals surface area contributed by atoms with E-state index < -0.39 is 0 Å². The Morgan fingerprint density at radius 1 is 1.38 bits per heavy atom. The van der Waals surface area contributed by atoms with Gasteiger partial charge in [-0.15, -0.1) is 0 Å². The minimum absolute atomic E-state index is 0.664. The molecule has 84 valence electrons. The maximum atomic E-state index is 3.56. The van der Waals surface area contributed by atoms with Crippen molar-refractivity contribution in [1.82, 2.24) is 9.88 Å². The Morgan fingerprint density at radius 2 is 2.19 bits per heavy atom. The van der Waals surface area contributed by atoms with Crippen molar-refractivity contribution >= 4 is 10.9 Å². The number of H-pyrrole nitrogens is 1. The third kappa shape index (κ3) is 1.37. The van der Waals surface area contributed by atoms with Crippen LogP contribution in [0.1, 0.15) is 25.1 Å². The molecule has 0 saturated carbocycles. The topological polar surface area (TPSA) is 19.0 Å². The van der Waals surface area contributed by atoms with Crippen molar-refractivity contribution < 1.29 is 0 Å². The van der Waals surface area contributed by atoms with E-state index in [1.54, 1.807) is 0 Å². The van der Waals surface area contributed by atoms with Gasteiger partial charge in [0, 0.05) is 29.2 Å². The number of rotatable bonds is 1. The molecule has 1 unspecified atom stereocenters. The number of nitrogens with one attached hydrogen (secondary N) is 1. The highest BCUT2D eigenvalue weighted by Gasteiger charge is 2.24. The number of para-hydroxylation sites is 1. The van der Waals surface area contributed by atoms with Crippen LogP contribution >= 0.6 is 0 Å². The molecule has 1 aliphatic heterocycles. The van der Waals surface area contributed by atoms with Crippen molar-refractivity contribution in [3.63, 3.8) is 0 Å². The predicted octanol–water partition coefficient (Wildman–Crippen LogP) is 2.93. The summed E-state index contributed by atoms with van der Waals surface area (Å²) in [5, 5.41) is 1.42. The SMILES string of the molecule is CCN1Cc2[nH]c3ccccc3c2CC1C. The lowest BCUT2D eigenvalue weighted by Gasteiger charge is -2.32. The van der Waals surface area contributed by atoms with Crippen LogP contribution in [0.5, 0.6) is 0 Å². The monoisotopic (exact) mass is 214 g/mol. The molecule has 16 heavy (non-hydrogen) atoms. The van der Waals surface area contributed by atoms with Gasteiger partial charge in [0.25, 0.3) is 0 Å². The van der Waals surface area contributed by atoms with Gasteiger partial charge >= 0.3 is 0 Å². The first-order chi connectivity index (χ1) is 7.79. The molecule has 0 aliphatic carbocycles. The molecule has 3 rings (SSSR count). The molecule has 2 heterocycles. The van der Waals surface area contributed by atoms with Gasteiger partial charge in [-0.05, 0) is 31.5 Å². The van der Waals surface area contributed by atoms with E-state index >= 15 is 0 Å². The molecule has 2 heteroatoms. The number of hydrogen-bond donors (Lipinski definition) is 1. The number of aromatic nitrogens is 1. The van der Waals surface area contributed by atoms with Crippen LogP contribution in [0, 0.1) is 0 Å². The quantitative estimate of drug-likeness (QED) is 0.773. The summed E-state index contributed by atoms with van der Waals surface area (Å²) in [6, 6.07) is 9.31. The molecule has 2 aromatic rings. The van der Waals surface area contributed by atoms with E-state index in [0.29, 0.717) is 6.04 Å². The summed E-state index contributed by atoms with van der Waals surface area (Å²) in [4.78, 5) is 6.08. The normalized spacial score (nSPS) is 21.2. The van der Waals surface area contributed by atoms with Crippen LogP contribution in [0.2, 0.25) is 0 Å². The average Bonchev–Trinajstić information content (AvgIpc) is 2.66. The Labute approximate surface area is 96.3 Å². The van der Waals surface area contributed by atoms with Gasteiger partial charge in [-0.25, -0.2) is 0 Å². The summed E-state index contributed by atoms with van der Waals surface area (Å²) in [5.74, 6) is 0. The zero-order valence-electron chi connectivity index (χ0n) is 9.96. The molecule has 2 nitrogen and oxygen atoms in total. The van der Waals surface area contributed by atoms with E-state index in [9.17, 15) is 0 Å². The van der Waals surface area contributed by atoms with Crippen molar-refractivity contribution in [2.75, 3.05) is 6.54 Å². The van der Waals surface area contributed by atoms with Gasteiger partial charge in [-0.3, -0.25) is 4.90 Å². The molecule has 1 aromatic carbocycles. The van der Waals surface area contributed by atoms with Gasteiger partial charge in [-0.1, -0.05) is 25.1 Å². The van der Waals surface area contributed by atoms with Crippen molar-refractivity contribution in [3.8, 4) is 0 Å². The maximum Gasteiger partial charge on any atom is 0.0459 e. The van der Waals surface area contributed by atoms with Gasteiger partial charge in [0.05, 0.1) is 0 Å². The third-order valence-corrected chi connectivity index (χ3v) is 3.79. The Morgan fingerprint density at radius 3 is 3.00 bits per heavy atom. The minimum Gasteiger partial charge on any atom is -0.357 e. The van der Waals surface area contributed by atoms with Crippen LogP contribution in [0.15, 0.2) is 24.3 Å². The highest BCUT2D eigenvalue weighted by atomic mass is 15.2. The molecule has 0 saturated heterocycles. The van der Waals surface area contributed by atoms with Crippen LogP contribution in [0.4, 0.5) is 0 Å². The summed E-state index contributed by atoms with van der Waals surface area (Å²) in [6.45, 7) is 6.77. The smallest absolute Gasteiger partial charge is 0.0459 e. The molecule has 0 fully saturated rings. The van der Waals surface area contributed by atoms with E-state index in [4.69, 9.17) is 0 Å². The lowest BCUT2D eigenvalue weighted by atomic mass is 9.98. The first-order valence-electron chi connectivity index (χ1n) is 6.12. The minimum atomic E-state index is 0.664. The Hall–Kier alpha value is -1.28. The predicted molar refractivity (Wildman–Crippen MR) is 67.5 cm³/mol. The first-order valence-corrected chi connectivity index (χ1v) is 6.12. The first kappa shape index (κ1) is 9.91. The van der Waals surface area contributed by atoms with Crippen LogP contribution in [0.3, 0.4) is 0 Å². The molecule has 0 spiro atoms. The van der Waals surface area contributed by atoms with Crippen molar-refractivity contribution in [1.29, 1.82) is 0 Å². The zero-order valence-corrected chi connectivity index (χ0v) is 9.96. The van der Waals surface area contributed by atoms with Crippen LogP contribution in [0.25, 0.3) is 10.9 Å². The highest BCUT2D eigenvalue weighted by Crippen LogP contribution is 2.29. The van der Waals surface area contributed by atoms with Crippen molar-refractivity contribution in [2.24, 2.45) is 0 Å². The number of fused-ring (bicyclic) bond motifs is 3. The average molecular weight is 214 g/mol. The standard InChI is InChI=1S/C14H18N2/c1-3-16-9-14-12(8-10(16)2)11-6-4-5-7-13(11)15-14/h4-7,10,15H,3,8-9H2,1-2H3. The second-order valence-corrected chi connectivity index (χ2v) is 4.74. The van der Waals surface area contributed by atoms with Gasteiger partial charge in [0.2, 0.25) is 0 Å². The Bertz CT molecular complexity index is 512. The lowest BCUT2D eigenvalue weighted by Crippen LogP contribution is -2.37. The summed E-state index contributed by atoms with van der Waals surface area (Å²) in [6.07, 6.45) is 1.17. The van der Waals surface area contributed by atoms with Gasteiger partial charge < -0.3 is 4.98 Å². The van der Waals surface area contributed by atoms with Crippen molar-refractivity contribution in [2.45, 2.75) is 32.9 Å². The Kier molecular flexibility index (Phi) is 2.25. The fourth-order valence-electron chi connectivity index (χ4n) is 2.83. The van der Waals surface area contributed by atoms with Crippen LogP contribution in [-0.2, 0) is 13.0 Å². The lowest BCUT2D eigenvalue weighted by molar-refractivity contribution is 0.193. The molecule has 1 atom stereocenters. The number of hydrogen-bond acceptors (Lipinski definition) is 1. The van der Waals surface area contributed by atoms with Gasteiger partial charge in [0.15, 0.2) is 0 Å².